The van der Waals surface area contributed by atoms with E-state index in [2.05, 4.69) is 10.1 Å². The summed E-state index contributed by atoms with van der Waals surface area (Å²) in [5.74, 6) is -0.592. The molecule has 5 heteroatoms. The molecule has 0 aliphatic heterocycles. The zero-order valence-electron chi connectivity index (χ0n) is 10.4. The number of esters is 1. The monoisotopic (exact) mass is 230 g/mol. The minimum Gasteiger partial charge on any atom is -0.468 e. The second kappa shape index (κ2) is 7.22. The first-order chi connectivity index (χ1) is 7.38. The summed E-state index contributed by atoms with van der Waals surface area (Å²) in [4.78, 5) is 22.3. The van der Waals surface area contributed by atoms with E-state index in [-0.39, 0.29) is 23.8 Å². The van der Waals surface area contributed by atoms with Gasteiger partial charge in [0.2, 0.25) is 5.91 Å². The SMILES string of the molecule is COC(=O)C(CC(C)C)NCC(C)C(N)=O. The Kier molecular flexibility index (Phi) is 6.72. The van der Waals surface area contributed by atoms with Crippen molar-refractivity contribution < 1.29 is 14.3 Å². The van der Waals surface area contributed by atoms with E-state index in [1.165, 1.54) is 7.11 Å². The predicted molar refractivity (Wildman–Crippen MR) is 61.6 cm³/mol. The van der Waals surface area contributed by atoms with Crippen LogP contribution in [0.2, 0.25) is 0 Å². The van der Waals surface area contributed by atoms with E-state index < -0.39 is 0 Å². The molecule has 94 valence electrons. The fourth-order valence-electron chi connectivity index (χ4n) is 1.30. The van der Waals surface area contributed by atoms with Crippen LogP contribution in [0.4, 0.5) is 0 Å². The molecule has 0 radical (unpaired) electrons. The summed E-state index contributed by atoms with van der Waals surface area (Å²) in [5, 5.41) is 3.01. The first-order valence-electron chi connectivity index (χ1n) is 5.49. The van der Waals surface area contributed by atoms with Crippen molar-refractivity contribution in [2.45, 2.75) is 33.2 Å². The highest BCUT2D eigenvalue weighted by molar-refractivity contribution is 5.77. The van der Waals surface area contributed by atoms with E-state index in [0.29, 0.717) is 18.9 Å². The molecule has 16 heavy (non-hydrogen) atoms. The molecule has 0 aromatic rings. The van der Waals surface area contributed by atoms with Crippen LogP contribution in [0.5, 0.6) is 0 Å². The quantitative estimate of drug-likeness (QED) is 0.616. The maximum absolute atomic E-state index is 11.4. The van der Waals surface area contributed by atoms with Crippen LogP contribution in [0.1, 0.15) is 27.2 Å². The van der Waals surface area contributed by atoms with Crippen molar-refractivity contribution in [3.05, 3.63) is 0 Å². The molecular formula is C11H22N2O3. The number of nitrogens with one attached hydrogen (secondary N) is 1. The maximum atomic E-state index is 11.4. The number of amides is 1. The molecule has 0 fully saturated rings. The largest absolute Gasteiger partial charge is 0.468 e. The number of methoxy groups -OCH3 is 1. The zero-order valence-corrected chi connectivity index (χ0v) is 10.4. The van der Waals surface area contributed by atoms with Crippen molar-refractivity contribution in [1.82, 2.24) is 5.32 Å². The van der Waals surface area contributed by atoms with E-state index in [0.717, 1.165) is 0 Å². The van der Waals surface area contributed by atoms with Crippen LogP contribution in [-0.4, -0.2) is 31.6 Å². The number of hydrogen-bond acceptors (Lipinski definition) is 4. The summed E-state index contributed by atoms with van der Waals surface area (Å²) in [6.07, 6.45) is 0.679. The van der Waals surface area contributed by atoms with Crippen LogP contribution < -0.4 is 11.1 Å². The molecule has 0 aromatic carbocycles. The highest BCUT2D eigenvalue weighted by atomic mass is 16.5. The van der Waals surface area contributed by atoms with Crippen molar-refractivity contribution in [2.75, 3.05) is 13.7 Å². The lowest BCUT2D eigenvalue weighted by Crippen LogP contribution is -2.42. The van der Waals surface area contributed by atoms with Gasteiger partial charge in [0, 0.05) is 12.5 Å². The van der Waals surface area contributed by atoms with Crippen molar-refractivity contribution in [3.8, 4) is 0 Å². The van der Waals surface area contributed by atoms with Gasteiger partial charge in [0.15, 0.2) is 0 Å². The first kappa shape index (κ1) is 14.9. The molecule has 0 aliphatic carbocycles. The van der Waals surface area contributed by atoms with Gasteiger partial charge in [0.05, 0.1) is 7.11 Å². The van der Waals surface area contributed by atoms with Crippen LogP contribution in [0.25, 0.3) is 0 Å². The third-order valence-electron chi connectivity index (χ3n) is 2.35. The maximum Gasteiger partial charge on any atom is 0.322 e. The summed E-state index contributed by atoms with van der Waals surface area (Å²) in [7, 11) is 1.36. The average molecular weight is 230 g/mol. The van der Waals surface area contributed by atoms with Gasteiger partial charge >= 0.3 is 5.97 Å². The number of rotatable bonds is 7. The molecule has 0 spiro atoms. The molecule has 2 unspecified atom stereocenters. The number of carbonyl (C=O) groups is 2. The topological polar surface area (TPSA) is 81.4 Å². The minimum absolute atomic E-state index is 0.292. The molecule has 0 aliphatic rings. The van der Waals surface area contributed by atoms with E-state index in [4.69, 9.17) is 5.73 Å². The van der Waals surface area contributed by atoms with Crippen LogP contribution in [-0.2, 0) is 14.3 Å². The van der Waals surface area contributed by atoms with Gasteiger partial charge in [-0.1, -0.05) is 20.8 Å². The standard InChI is InChI=1S/C11H22N2O3/c1-7(2)5-9(11(15)16-4)13-6-8(3)10(12)14/h7-9,13H,5-6H2,1-4H3,(H2,12,14). The molecule has 0 saturated carbocycles. The number of primary amides is 1. The molecule has 0 heterocycles. The Morgan fingerprint density at radius 1 is 1.31 bits per heavy atom. The van der Waals surface area contributed by atoms with Crippen molar-refractivity contribution in [1.29, 1.82) is 0 Å². The van der Waals surface area contributed by atoms with Gasteiger partial charge in [0.1, 0.15) is 6.04 Å². The molecule has 3 N–H and O–H groups in total. The van der Waals surface area contributed by atoms with Crippen molar-refractivity contribution in [2.24, 2.45) is 17.6 Å². The number of nitrogens with two attached hydrogens (primary N) is 1. The predicted octanol–water partition coefficient (Wildman–Crippen LogP) is 0.285. The van der Waals surface area contributed by atoms with Gasteiger partial charge in [-0.25, -0.2) is 0 Å². The Hall–Kier alpha value is -1.10. The van der Waals surface area contributed by atoms with E-state index >= 15 is 0 Å². The normalized spacial score (nSPS) is 14.6. The fraction of sp³-hybridized carbons (Fsp3) is 0.818. The Bertz CT molecular complexity index is 241. The first-order valence-corrected chi connectivity index (χ1v) is 5.49. The average Bonchev–Trinajstić information content (AvgIpc) is 2.21. The number of hydrogen-bond donors (Lipinski definition) is 2. The van der Waals surface area contributed by atoms with E-state index in [1.807, 2.05) is 13.8 Å². The molecule has 0 aromatic heterocycles. The lowest BCUT2D eigenvalue weighted by atomic mass is 10.0. The number of carbonyl (C=O) groups excluding carboxylic acids is 2. The fourth-order valence-corrected chi connectivity index (χ4v) is 1.30. The molecule has 0 rings (SSSR count). The van der Waals surface area contributed by atoms with Gasteiger partial charge < -0.3 is 15.8 Å². The summed E-state index contributed by atoms with van der Waals surface area (Å²) in [6, 6.07) is -0.369. The lowest BCUT2D eigenvalue weighted by molar-refractivity contribution is -0.143. The highest BCUT2D eigenvalue weighted by Crippen LogP contribution is 2.06. The van der Waals surface area contributed by atoms with Gasteiger partial charge in [-0.3, -0.25) is 9.59 Å². The summed E-state index contributed by atoms with van der Waals surface area (Å²) >= 11 is 0. The smallest absolute Gasteiger partial charge is 0.322 e. The van der Waals surface area contributed by atoms with Gasteiger partial charge in [0.25, 0.3) is 0 Å². The Morgan fingerprint density at radius 3 is 2.25 bits per heavy atom. The van der Waals surface area contributed by atoms with Crippen molar-refractivity contribution in [3.63, 3.8) is 0 Å². The lowest BCUT2D eigenvalue weighted by Gasteiger charge is -2.19. The van der Waals surface area contributed by atoms with Gasteiger partial charge in [-0.2, -0.15) is 0 Å². The Balaban J connectivity index is 4.21. The molecule has 2 atom stereocenters. The van der Waals surface area contributed by atoms with Crippen LogP contribution in [0, 0.1) is 11.8 Å². The van der Waals surface area contributed by atoms with E-state index in [1.54, 1.807) is 6.92 Å². The second-order valence-electron chi connectivity index (χ2n) is 4.42. The van der Waals surface area contributed by atoms with Gasteiger partial charge in [-0.05, 0) is 12.3 Å². The van der Waals surface area contributed by atoms with Crippen molar-refractivity contribution >= 4 is 11.9 Å². The number of ether oxygens (including phenoxy) is 1. The highest BCUT2D eigenvalue weighted by Gasteiger charge is 2.21. The zero-order chi connectivity index (χ0) is 12.7. The molecule has 5 nitrogen and oxygen atoms in total. The minimum atomic E-state index is -0.374. The van der Waals surface area contributed by atoms with Crippen LogP contribution in [0.3, 0.4) is 0 Å². The third kappa shape index (κ3) is 5.70. The summed E-state index contributed by atoms with van der Waals surface area (Å²) in [5.41, 5.74) is 5.14. The van der Waals surface area contributed by atoms with Crippen LogP contribution in [0.15, 0.2) is 0 Å². The Morgan fingerprint density at radius 2 is 1.88 bits per heavy atom. The summed E-state index contributed by atoms with van der Waals surface area (Å²) < 4.78 is 4.69. The Labute approximate surface area is 96.7 Å². The summed E-state index contributed by atoms with van der Waals surface area (Å²) in [6.45, 7) is 6.16. The molecule has 0 bridgehead atoms. The van der Waals surface area contributed by atoms with Gasteiger partial charge in [-0.15, -0.1) is 0 Å². The molecule has 1 amide bonds. The van der Waals surface area contributed by atoms with Crippen LogP contribution >= 0.6 is 0 Å². The molecular weight excluding hydrogens is 208 g/mol. The molecule has 0 saturated heterocycles. The third-order valence-corrected chi connectivity index (χ3v) is 2.35. The second-order valence-corrected chi connectivity index (χ2v) is 4.42. The van der Waals surface area contributed by atoms with E-state index in [9.17, 15) is 9.59 Å².